The third-order valence-corrected chi connectivity index (χ3v) is 8.42. The standard InChI is InChI=1S/C41H32.C2H6/c1-4-9-28(5-2)38-26-39(31-10-7-6-8-11-31)37-25-24-35-34(22-20-33-21-23-36(38)41(37)40(33)35)32-18-16-30(17-19-32)29-14-12-27(3)13-15-29;1-2/h4-26H,1-3H3;1-2H3/b9-4-,28-5+;. The lowest BCUT2D eigenvalue weighted by Gasteiger charge is -2.20. The zero-order valence-corrected chi connectivity index (χ0v) is 25.8. The molecule has 7 rings (SSSR count). The van der Waals surface area contributed by atoms with E-state index in [4.69, 9.17) is 0 Å². The van der Waals surface area contributed by atoms with E-state index in [1.165, 1.54) is 82.4 Å². The van der Waals surface area contributed by atoms with Crippen molar-refractivity contribution in [3.63, 3.8) is 0 Å². The summed E-state index contributed by atoms with van der Waals surface area (Å²) in [5, 5.41) is 7.87. The van der Waals surface area contributed by atoms with Crippen LogP contribution < -0.4 is 0 Å². The Hall–Kier alpha value is -4.94. The van der Waals surface area contributed by atoms with Crippen LogP contribution in [-0.4, -0.2) is 0 Å². The molecule has 0 saturated carbocycles. The summed E-state index contributed by atoms with van der Waals surface area (Å²) in [5.41, 5.74) is 11.3. The number of hydrogen-bond acceptors (Lipinski definition) is 0. The predicted molar refractivity (Wildman–Crippen MR) is 191 cm³/mol. The van der Waals surface area contributed by atoms with E-state index < -0.39 is 0 Å². The normalized spacial score (nSPS) is 11.9. The van der Waals surface area contributed by atoms with Crippen molar-refractivity contribution in [3.05, 3.63) is 151 Å². The van der Waals surface area contributed by atoms with Gasteiger partial charge in [-0.3, -0.25) is 0 Å². The molecule has 0 saturated heterocycles. The van der Waals surface area contributed by atoms with Crippen molar-refractivity contribution < 1.29 is 0 Å². The summed E-state index contributed by atoms with van der Waals surface area (Å²) in [6.45, 7) is 10.4. The molecule has 0 aliphatic rings. The van der Waals surface area contributed by atoms with Crippen molar-refractivity contribution in [2.45, 2.75) is 34.6 Å². The van der Waals surface area contributed by atoms with Crippen LogP contribution in [0.15, 0.2) is 140 Å². The van der Waals surface area contributed by atoms with E-state index in [0.29, 0.717) is 0 Å². The van der Waals surface area contributed by atoms with Crippen molar-refractivity contribution >= 4 is 37.9 Å². The summed E-state index contributed by atoms with van der Waals surface area (Å²) in [7, 11) is 0. The highest BCUT2D eigenvalue weighted by molar-refractivity contribution is 6.29. The summed E-state index contributed by atoms with van der Waals surface area (Å²) >= 11 is 0. The lowest BCUT2D eigenvalue weighted by Crippen LogP contribution is -1.93. The Bertz CT molecular complexity index is 2070. The van der Waals surface area contributed by atoms with Gasteiger partial charge in [0.2, 0.25) is 0 Å². The van der Waals surface area contributed by atoms with Crippen LogP contribution in [0.5, 0.6) is 0 Å². The van der Waals surface area contributed by atoms with Gasteiger partial charge in [0.05, 0.1) is 0 Å². The lowest BCUT2D eigenvalue weighted by molar-refractivity contribution is 1.47. The highest BCUT2D eigenvalue weighted by Crippen LogP contribution is 2.45. The molecule has 0 amide bonds. The zero-order valence-electron chi connectivity index (χ0n) is 25.8. The zero-order chi connectivity index (χ0) is 29.9. The Kier molecular flexibility index (Phi) is 7.95. The molecule has 0 aromatic heterocycles. The second-order valence-electron chi connectivity index (χ2n) is 10.9. The van der Waals surface area contributed by atoms with Crippen molar-refractivity contribution in [1.82, 2.24) is 0 Å². The number of hydrogen-bond donors (Lipinski definition) is 0. The number of allylic oxidation sites excluding steroid dienone is 4. The molecule has 0 heterocycles. The Balaban J connectivity index is 0.00000161. The SMILES string of the molecule is C/C=C\C(=C/C)c1cc(-c2ccccc2)c2ccc3c(-c4ccc(-c5ccc(C)cc5)cc4)ccc4ccc1c2c43.CC. The molecule has 0 atom stereocenters. The molecule has 0 N–H and O–H groups in total. The molecule has 0 aliphatic carbocycles. The van der Waals surface area contributed by atoms with Crippen LogP contribution in [0.4, 0.5) is 0 Å². The molecule has 0 aliphatic heterocycles. The predicted octanol–water partition coefficient (Wildman–Crippen LogP) is 12.9. The summed E-state index contributed by atoms with van der Waals surface area (Å²) in [6.07, 6.45) is 6.58. The van der Waals surface area contributed by atoms with E-state index >= 15 is 0 Å². The highest BCUT2D eigenvalue weighted by atomic mass is 14.2. The van der Waals surface area contributed by atoms with E-state index in [-0.39, 0.29) is 0 Å². The topological polar surface area (TPSA) is 0 Å². The third kappa shape index (κ3) is 5.04. The molecule has 0 radical (unpaired) electrons. The average Bonchev–Trinajstić information content (AvgIpc) is 3.07. The fourth-order valence-electron chi connectivity index (χ4n) is 6.35. The largest absolute Gasteiger partial charge is 0.0871 e. The molecule has 7 aromatic carbocycles. The van der Waals surface area contributed by atoms with Gasteiger partial charge in [0.15, 0.2) is 0 Å². The average molecular weight is 555 g/mol. The minimum absolute atomic E-state index is 1.24. The first-order chi connectivity index (χ1) is 21.2. The van der Waals surface area contributed by atoms with Crippen LogP contribution in [0.25, 0.3) is 71.3 Å². The van der Waals surface area contributed by atoms with E-state index in [9.17, 15) is 0 Å². The van der Waals surface area contributed by atoms with Gasteiger partial charge in [0.1, 0.15) is 0 Å². The second-order valence-corrected chi connectivity index (χ2v) is 10.9. The molecule has 210 valence electrons. The molecule has 0 unspecified atom stereocenters. The smallest absolute Gasteiger partial charge is 0.00141 e. The van der Waals surface area contributed by atoms with Gasteiger partial charge in [0.25, 0.3) is 0 Å². The van der Waals surface area contributed by atoms with E-state index in [1.807, 2.05) is 13.8 Å². The molecular formula is C43H38. The third-order valence-electron chi connectivity index (χ3n) is 8.42. The molecule has 0 bridgehead atoms. The first kappa shape index (κ1) is 28.2. The van der Waals surface area contributed by atoms with Crippen LogP contribution in [0.2, 0.25) is 0 Å². The summed E-state index contributed by atoms with van der Waals surface area (Å²) in [6, 6.07) is 44.9. The Morgan fingerprint density at radius 2 is 1.07 bits per heavy atom. The maximum Gasteiger partial charge on any atom is -0.00141 e. The van der Waals surface area contributed by atoms with Crippen molar-refractivity contribution in [2.75, 3.05) is 0 Å². The lowest BCUT2D eigenvalue weighted by atomic mass is 9.84. The van der Waals surface area contributed by atoms with E-state index in [2.05, 4.69) is 160 Å². The number of rotatable bonds is 5. The van der Waals surface area contributed by atoms with Crippen LogP contribution in [-0.2, 0) is 0 Å². The molecule has 0 nitrogen and oxygen atoms in total. The minimum atomic E-state index is 1.24. The Morgan fingerprint density at radius 3 is 1.72 bits per heavy atom. The fourth-order valence-corrected chi connectivity index (χ4v) is 6.35. The summed E-state index contributed by atoms with van der Waals surface area (Å²) in [4.78, 5) is 0. The summed E-state index contributed by atoms with van der Waals surface area (Å²) in [5.74, 6) is 0. The van der Waals surface area contributed by atoms with E-state index in [0.717, 1.165) is 0 Å². The minimum Gasteiger partial charge on any atom is -0.0871 e. The molecular weight excluding hydrogens is 516 g/mol. The van der Waals surface area contributed by atoms with Crippen molar-refractivity contribution in [2.24, 2.45) is 0 Å². The number of benzene rings is 7. The molecule has 0 spiro atoms. The van der Waals surface area contributed by atoms with Gasteiger partial charge in [-0.05, 0) is 104 Å². The van der Waals surface area contributed by atoms with Crippen LogP contribution in [0.3, 0.4) is 0 Å². The summed E-state index contributed by atoms with van der Waals surface area (Å²) < 4.78 is 0. The van der Waals surface area contributed by atoms with E-state index in [1.54, 1.807) is 0 Å². The van der Waals surface area contributed by atoms with Gasteiger partial charge in [-0.2, -0.15) is 0 Å². The van der Waals surface area contributed by atoms with Crippen molar-refractivity contribution in [3.8, 4) is 33.4 Å². The van der Waals surface area contributed by atoms with Crippen LogP contribution in [0, 0.1) is 6.92 Å². The van der Waals surface area contributed by atoms with Crippen LogP contribution in [0.1, 0.15) is 38.8 Å². The Labute approximate surface area is 256 Å². The van der Waals surface area contributed by atoms with Gasteiger partial charge >= 0.3 is 0 Å². The number of aryl methyl sites for hydroxylation is 1. The molecule has 7 aromatic rings. The first-order valence-corrected chi connectivity index (χ1v) is 15.4. The van der Waals surface area contributed by atoms with Gasteiger partial charge in [0, 0.05) is 0 Å². The maximum absolute atomic E-state index is 2.39. The monoisotopic (exact) mass is 554 g/mol. The van der Waals surface area contributed by atoms with Gasteiger partial charge in [-0.15, -0.1) is 0 Å². The van der Waals surface area contributed by atoms with Crippen molar-refractivity contribution in [1.29, 1.82) is 0 Å². The highest BCUT2D eigenvalue weighted by Gasteiger charge is 2.18. The van der Waals surface area contributed by atoms with Gasteiger partial charge in [-0.1, -0.05) is 153 Å². The quantitative estimate of drug-likeness (QED) is 0.147. The molecule has 0 heteroatoms. The second kappa shape index (κ2) is 12.1. The fraction of sp³-hybridized carbons (Fsp3) is 0.116. The molecule has 0 fully saturated rings. The first-order valence-electron chi connectivity index (χ1n) is 15.4. The van der Waals surface area contributed by atoms with Gasteiger partial charge < -0.3 is 0 Å². The molecule has 43 heavy (non-hydrogen) atoms. The van der Waals surface area contributed by atoms with Gasteiger partial charge in [-0.25, -0.2) is 0 Å². The maximum atomic E-state index is 2.39. The van der Waals surface area contributed by atoms with Crippen LogP contribution >= 0.6 is 0 Å². The Morgan fingerprint density at radius 1 is 0.512 bits per heavy atom.